The van der Waals surface area contributed by atoms with Crippen molar-refractivity contribution in [3.8, 4) is 6.07 Å². The van der Waals surface area contributed by atoms with Crippen LogP contribution in [0.1, 0.15) is 11.1 Å². The van der Waals surface area contributed by atoms with Gasteiger partial charge < -0.3 is 9.84 Å². The van der Waals surface area contributed by atoms with Gasteiger partial charge in [-0.3, -0.25) is 4.79 Å². The number of hydrogen-bond donors (Lipinski definition) is 0. The van der Waals surface area contributed by atoms with Crippen LogP contribution in [-0.4, -0.2) is 18.9 Å². The molecule has 0 aliphatic heterocycles. The summed E-state index contributed by atoms with van der Waals surface area (Å²) in [5.41, 5.74) is 0.627. The molecule has 0 unspecified atom stereocenters. The number of carbonyl (C=O) groups excluding carboxylic acids is 2. The van der Waals surface area contributed by atoms with Crippen LogP contribution in [0.3, 0.4) is 0 Å². The molecule has 0 atom stereocenters. The Morgan fingerprint density at radius 3 is 2.41 bits per heavy atom. The van der Waals surface area contributed by atoms with Gasteiger partial charge in [0.1, 0.15) is 0 Å². The van der Waals surface area contributed by atoms with Crippen molar-refractivity contribution in [2.75, 3.05) is 7.11 Å². The number of hydrogen-bond acceptors (Lipinski definition) is 5. The molecule has 0 saturated carbocycles. The summed E-state index contributed by atoms with van der Waals surface area (Å²) >= 11 is 0. The maximum Gasteiger partial charge on any atom is 0.378 e. The second-order valence-corrected chi connectivity index (χ2v) is 3.05. The lowest BCUT2D eigenvalue weighted by Crippen LogP contribution is -2.15. The lowest BCUT2D eigenvalue weighted by atomic mass is 10.1. The molecule has 0 aliphatic rings. The minimum atomic E-state index is -1.09. The van der Waals surface area contributed by atoms with E-state index in [1.54, 1.807) is 0 Å². The van der Waals surface area contributed by atoms with Crippen molar-refractivity contribution in [3.63, 3.8) is 0 Å². The molecule has 0 saturated heterocycles. The van der Waals surface area contributed by atoms with Crippen LogP contribution in [-0.2, 0) is 14.3 Å². The Morgan fingerprint density at radius 1 is 1.35 bits per heavy atom. The van der Waals surface area contributed by atoms with Gasteiger partial charge in [0.05, 0.1) is 18.7 Å². The summed E-state index contributed by atoms with van der Waals surface area (Å²) < 4.78 is 4.17. The summed E-state index contributed by atoms with van der Waals surface area (Å²) in [6.07, 6.45) is 0.660. The van der Waals surface area contributed by atoms with Gasteiger partial charge in [-0.25, -0.2) is 4.79 Å². The van der Waals surface area contributed by atoms with Gasteiger partial charge in [-0.05, 0) is 23.8 Å². The fourth-order valence-corrected chi connectivity index (χ4v) is 1.07. The van der Waals surface area contributed by atoms with Gasteiger partial charge in [0.15, 0.2) is 0 Å². The van der Waals surface area contributed by atoms with E-state index in [4.69, 9.17) is 5.26 Å². The first kappa shape index (κ1) is 12.5. The fourth-order valence-electron chi connectivity index (χ4n) is 1.07. The van der Waals surface area contributed by atoms with Gasteiger partial charge in [-0.15, -0.1) is 0 Å². The smallest absolute Gasteiger partial charge is 0.378 e. The number of rotatable bonds is 3. The highest BCUT2D eigenvalue weighted by atomic mass is 16.5. The van der Waals surface area contributed by atoms with Crippen molar-refractivity contribution in [1.82, 2.24) is 0 Å². The first-order valence-electron chi connectivity index (χ1n) is 4.60. The van der Waals surface area contributed by atoms with Crippen LogP contribution in [0.2, 0.25) is 0 Å². The number of ketones is 1. The van der Waals surface area contributed by atoms with Crippen molar-refractivity contribution >= 4 is 17.5 Å². The Hall–Kier alpha value is -2.61. The zero-order valence-electron chi connectivity index (χ0n) is 8.97. The number of ether oxygens (including phenoxy) is 1. The van der Waals surface area contributed by atoms with E-state index in [1.165, 1.54) is 24.3 Å². The van der Waals surface area contributed by atoms with E-state index in [2.05, 4.69) is 4.74 Å². The number of nitrogens with zero attached hydrogens (tertiary/aromatic N) is 1. The van der Waals surface area contributed by atoms with Gasteiger partial charge in [0, 0.05) is 0 Å². The number of esters is 1. The number of carbonyl (C=O) groups is 2. The van der Waals surface area contributed by atoms with E-state index in [0.717, 1.165) is 7.11 Å². The SMILES string of the molecule is COC(=O)C(=O)/C=C(\[O-])c1ccc(C#N)cc1. The van der Waals surface area contributed by atoms with Gasteiger partial charge >= 0.3 is 5.97 Å². The average Bonchev–Trinajstić information content (AvgIpc) is 2.37. The molecule has 0 bridgehead atoms. The normalized spacial score (nSPS) is 10.5. The zero-order chi connectivity index (χ0) is 12.8. The second-order valence-electron chi connectivity index (χ2n) is 3.05. The Balaban J connectivity index is 2.92. The van der Waals surface area contributed by atoms with Crippen LogP contribution in [0, 0.1) is 11.3 Å². The van der Waals surface area contributed by atoms with Gasteiger partial charge in [-0.1, -0.05) is 17.9 Å². The summed E-state index contributed by atoms with van der Waals surface area (Å²) in [6.45, 7) is 0. The highest BCUT2D eigenvalue weighted by Crippen LogP contribution is 2.09. The van der Waals surface area contributed by atoms with Crippen LogP contribution in [0.5, 0.6) is 0 Å². The standard InChI is InChI=1S/C12H9NO4/c1-17-12(16)11(15)6-10(14)9-4-2-8(7-13)3-5-9/h2-6,14H,1H3/p-1/b10-6-. The predicted molar refractivity (Wildman–Crippen MR) is 56.2 cm³/mol. The van der Waals surface area contributed by atoms with Gasteiger partial charge in [-0.2, -0.15) is 5.26 Å². The molecule has 0 amide bonds. The van der Waals surface area contributed by atoms with E-state index in [1.807, 2.05) is 6.07 Å². The third-order valence-electron chi connectivity index (χ3n) is 1.95. The highest BCUT2D eigenvalue weighted by molar-refractivity contribution is 6.39. The molecule has 0 spiro atoms. The summed E-state index contributed by atoms with van der Waals surface area (Å²) in [5, 5.41) is 20.1. The first-order valence-corrected chi connectivity index (χ1v) is 4.60. The molecule has 1 rings (SSSR count). The molecule has 0 fully saturated rings. The molecule has 0 N–H and O–H groups in total. The molecule has 0 radical (unpaired) electrons. The molecular formula is C12H8NO4-. The Kier molecular flexibility index (Phi) is 4.01. The topological polar surface area (TPSA) is 90.2 Å². The summed E-state index contributed by atoms with van der Waals surface area (Å²) in [6, 6.07) is 7.60. The lowest BCUT2D eigenvalue weighted by Gasteiger charge is -2.11. The molecule has 17 heavy (non-hydrogen) atoms. The quantitative estimate of drug-likeness (QED) is 0.315. The molecule has 5 nitrogen and oxygen atoms in total. The monoisotopic (exact) mass is 230 g/mol. The largest absolute Gasteiger partial charge is 0.872 e. The molecule has 0 heterocycles. The number of benzene rings is 1. The molecular weight excluding hydrogens is 222 g/mol. The summed E-state index contributed by atoms with van der Waals surface area (Å²) in [5.74, 6) is -2.71. The molecule has 1 aromatic rings. The molecule has 86 valence electrons. The van der Waals surface area contributed by atoms with Crippen molar-refractivity contribution in [3.05, 3.63) is 41.5 Å². The minimum absolute atomic E-state index is 0.223. The van der Waals surface area contributed by atoms with Crippen molar-refractivity contribution < 1.29 is 19.4 Å². The van der Waals surface area contributed by atoms with E-state index >= 15 is 0 Å². The van der Waals surface area contributed by atoms with Gasteiger partial charge in [0.25, 0.3) is 5.78 Å². The van der Waals surface area contributed by atoms with Crippen molar-refractivity contribution in [2.24, 2.45) is 0 Å². The van der Waals surface area contributed by atoms with E-state index in [9.17, 15) is 14.7 Å². The highest BCUT2D eigenvalue weighted by Gasteiger charge is 2.09. The Labute approximate surface area is 97.6 Å². The third-order valence-corrected chi connectivity index (χ3v) is 1.95. The molecule has 1 aromatic carbocycles. The van der Waals surface area contributed by atoms with Crippen LogP contribution in [0.25, 0.3) is 5.76 Å². The van der Waals surface area contributed by atoms with E-state index in [-0.39, 0.29) is 5.56 Å². The van der Waals surface area contributed by atoms with E-state index in [0.29, 0.717) is 11.6 Å². The summed E-state index contributed by atoms with van der Waals surface area (Å²) in [4.78, 5) is 21.9. The minimum Gasteiger partial charge on any atom is -0.872 e. The van der Waals surface area contributed by atoms with Crippen LogP contribution in [0.15, 0.2) is 30.3 Å². The van der Waals surface area contributed by atoms with Crippen LogP contribution < -0.4 is 5.11 Å². The molecule has 0 aliphatic carbocycles. The lowest BCUT2D eigenvalue weighted by molar-refractivity contribution is -0.243. The van der Waals surface area contributed by atoms with Crippen LogP contribution >= 0.6 is 0 Å². The summed E-state index contributed by atoms with van der Waals surface area (Å²) in [7, 11) is 1.06. The third kappa shape index (κ3) is 3.18. The van der Waals surface area contributed by atoms with Crippen molar-refractivity contribution in [1.29, 1.82) is 5.26 Å². The number of methoxy groups -OCH3 is 1. The Bertz CT molecular complexity index is 508. The maximum atomic E-state index is 11.5. The molecule has 0 aromatic heterocycles. The Morgan fingerprint density at radius 2 is 1.94 bits per heavy atom. The van der Waals surface area contributed by atoms with Crippen LogP contribution in [0.4, 0.5) is 0 Å². The average molecular weight is 230 g/mol. The maximum absolute atomic E-state index is 11.5. The molecule has 5 heteroatoms. The zero-order valence-corrected chi connectivity index (χ0v) is 8.97. The first-order chi connectivity index (χ1) is 8.08. The van der Waals surface area contributed by atoms with Gasteiger partial charge in [0.2, 0.25) is 0 Å². The van der Waals surface area contributed by atoms with Crippen molar-refractivity contribution in [2.45, 2.75) is 0 Å². The second kappa shape index (κ2) is 5.47. The number of nitriles is 1. The van der Waals surface area contributed by atoms with E-state index < -0.39 is 17.5 Å². The predicted octanol–water partition coefficient (Wildman–Crippen LogP) is 0.00158. The fraction of sp³-hybridized carbons (Fsp3) is 0.0833.